The molecule has 1 saturated carbocycles. The van der Waals surface area contributed by atoms with E-state index in [1.807, 2.05) is 12.4 Å². The minimum Gasteiger partial charge on any atom is -0.381 e. The third-order valence-electron chi connectivity index (χ3n) is 6.71. The van der Waals surface area contributed by atoms with Crippen molar-refractivity contribution in [3.8, 4) is 0 Å². The van der Waals surface area contributed by atoms with Gasteiger partial charge in [-0.3, -0.25) is 9.38 Å². The van der Waals surface area contributed by atoms with Gasteiger partial charge in [0.1, 0.15) is 0 Å². The Kier molecular flexibility index (Phi) is 5.29. The Morgan fingerprint density at radius 2 is 1.87 bits per heavy atom. The smallest absolute Gasteiger partial charge is 0.180 e. The fourth-order valence-electron chi connectivity index (χ4n) is 5.10. The molecule has 7 nitrogen and oxygen atoms in total. The molecule has 158 valence electrons. The summed E-state index contributed by atoms with van der Waals surface area (Å²) in [6.07, 6.45) is 17.2. The van der Waals surface area contributed by atoms with Gasteiger partial charge in [-0.1, -0.05) is 19.3 Å². The third-order valence-corrected chi connectivity index (χ3v) is 6.71. The number of anilines is 2. The number of pyridine rings is 1. The number of aromatic nitrogens is 4. The van der Waals surface area contributed by atoms with E-state index in [0.29, 0.717) is 11.7 Å². The summed E-state index contributed by atoms with van der Waals surface area (Å²) >= 11 is 0. The zero-order chi connectivity index (χ0) is 20.5. The highest BCUT2D eigenvalue weighted by molar-refractivity contribution is 5.61. The zero-order valence-corrected chi connectivity index (χ0v) is 17.5. The number of rotatable bonds is 4. The van der Waals surface area contributed by atoms with Crippen molar-refractivity contribution >= 4 is 17.2 Å². The molecule has 7 heteroatoms. The van der Waals surface area contributed by atoms with Crippen LogP contribution in [0.4, 0.5) is 11.5 Å². The van der Waals surface area contributed by atoms with Crippen molar-refractivity contribution in [2.45, 2.75) is 63.3 Å². The molecule has 0 amide bonds. The maximum atomic E-state index is 6.29. The second-order valence-electron chi connectivity index (χ2n) is 8.85. The number of nitrogens with zero attached hydrogens (tertiary/aromatic N) is 5. The van der Waals surface area contributed by atoms with Crippen LogP contribution in [0.25, 0.3) is 5.65 Å². The van der Waals surface area contributed by atoms with Crippen LogP contribution in [0.3, 0.4) is 0 Å². The first kappa shape index (κ1) is 19.3. The standard InChI is InChI=1S/C23H31N7/c24-18-7-4-9-29(15-18)21-14-27-20(16-5-2-1-3-6-16)12-17(21)11-19-13-28-23-22(25)26-8-10-30(19)23/h8,10,12-14,16,18H,1-7,9,11,15,24H2,(H2,25,26)/t18-/m1/s1. The Morgan fingerprint density at radius 3 is 2.70 bits per heavy atom. The Morgan fingerprint density at radius 1 is 1.00 bits per heavy atom. The monoisotopic (exact) mass is 405 g/mol. The lowest BCUT2D eigenvalue weighted by atomic mass is 9.86. The first-order valence-electron chi connectivity index (χ1n) is 11.2. The molecule has 3 aromatic heterocycles. The van der Waals surface area contributed by atoms with E-state index in [1.165, 1.54) is 49.0 Å². The fraction of sp³-hybridized carbons (Fsp3) is 0.522. The summed E-state index contributed by atoms with van der Waals surface area (Å²) < 4.78 is 2.05. The van der Waals surface area contributed by atoms with Crippen LogP contribution >= 0.6 is 0 Å². The number of nitrogens with two attached hydrogens (primary N) is 2. The van der Waals surface area contributed by atoms with Crippen LogP contribution < -0.4 is 16.4 Å². The van der Waals surface area contributed by atoms with Crippen LogP contribution in [0.5, 0.6) is 0 Å². The molecule has 5 rings (SSSR count). The molecule has 1 aliphatic heterocycles. The van der Waals surface area contributed by atoms with Gasteiger partial charge in [0.05, 0.1) is 11.9 Å². The Bertz CT molecular complexity index is 1020. The first-order valence-corrected chi connectivity index (χ1v) is 11.2. The molecule has 3 aromatic rings. The zero-order valence-electron chi connectivity index (χ0n) is 17.5. The van der Waals surface area contributed by atoms with Gasteiger partial charge in [-0.15, -0.1) is 0 Å². The van der Waals surface area contributed by atoms with Crippen LogP contribution in [0.15, 0.2) is 30.9 Å². The van der Waals surface area contributed by atoms with Gasteiger partial charge in [0.15, 0.2) is 11.5 Å². The SMILES string of the molecule is Nc1nccn2c(Cc3cc(C4CCCCC4)ncc3N3CCC[C@@H](N)C3)cnc12. The Hall–Kier alpha value is -2.67. The van der Waals surface area contributed by atoms with Crippen molar-refractivity contribution in [1.82, 2.24) is 19.4 Å². The Balaban J connectivity index is 1.53. The van der Waals surface area contributed by atoms with E-state index in [9.17, 15) is 0 Å². The number of hydrogen-bond acceptors (Lipinski definition) is 6. The van der Waals surface area contributed by atoms with Crippen LogP contribution in [-0.4, -0.2) is 38.5 Å². The minimum absolute atomic E-state index is 0.228. The molecule has 1 aliphatic carbocycles. The summed E-state index contributed by atoms with van der Waals surface area (Å²) in [5.41, 5.74) is 17.9. The lowest BCUT2D eigenvalue weighted by Gasteiger charge is -2.34. The fourth-order valence-corrected chi connectivity index (χ4v) is 5.10. The highest BCUT2D eigenvalue weighted by Crippen LogP contribution is 2.34. The molecule has 1 saturated heterocycles. The molecule has 0 aromatic carbocycles. The number of nitrogen functional groups attached to an aromatic ring is 1. The lowest BCUT2D eigenvalue weighted by Crippen LogP contribution is -2.43. The maximum absolute atomic E-state index is 6.29. The van der Waals surface area contributed by atoms with E-state index in [1.54, 1.807) is 6.20 Å². The summed E-state index contributed by atoms with van der Waals surface area (Å²) in [5, 5.41) is 0. The van der Waals surface area contributed by atoms with Crippen molar-refractivity contribution in [2.75, 3.05) is 23.7 Å². The number of hydrogen-bond donors (Lipinski definition) is 2. The molecule has 2 aliphatic rings. The van der Waals surface area contributed by atoms with E-state index in [0.717, 1.165) is 43.7 Å². The van der Waals surface area contributed by atoms with Gasteiger partial charge in [-0.25, -0.2) is 9.97 Å². The van der Waals surface area contributed by atoms with Crippen LogP contribution in [0.2, 0.25) is 0 Å². The van der Waals surface area contributed by atoms with Crippen molar-refractivity contribution in [1.29, 1.82) is 0 Å². The first-order chi connectivity index (χ1) is 14.7. The molecule has 2 fully saturated rings. The predicted octanol–water partition coefficient (Wildman–Crippen LogP) is 3.27. The average Bonchev–Trinajstić information content (AvgIpc) is 3.18. The van der Waals surface area contributed by atoms with Crippen molar-refractivity contribution < 1.29 is 0 Å². The molecule has 4 N–H and O–H groups in total. The van der Waals surface area contributed by atoms with Crippen LogP contribution in [0, 0.1) is 0 Å². The minimum atomic E-state index is 0.228. The molecule has 30 heavy (non-hydrogen) atoms. The summed E-state index contributed by atoms with van der Waals surface area (Å²) in [5.74, 6) is 1.04. The molecule has 0 radical (unpaired) electrons. The molecule has 0 bridgehead atoms. The summed E-state index contributed by atoms with van der Waals surface area (Å²) in [6, 6.07) is 2.57. The van der Waals surface area contributed by atoms with Crippen molar-refractivity contribution in [2.24, 2.45) is 5.73 Å². The predicted molar refractivity (Wildman–Crippen MR) is 120 cm³/mol. The largest absolute Gasteiger partial charge is 0.381 e. The maximum Gasteiger partial charge on any atom is 0.180 e. The van der Waals surface area contributed by atoms with Gasteiger partial charge < -0.3 is 16.4 Å². The van der Waals surface area contributed by atoms with E-state index >= 15 is 0 Å². The quantitative estimate of drug-likeness (QED) is 0.691. The van der Waals surface area contributed by atoms with Gasteiger partial charge in [0, 0.05) is 61.4 Å². The lowest BCUT2D eigenvalue weighted by molar-refractivity contribution is 0.436. The van der Waals surface area contributed by atoms with E-state index < -0.39 is 0 Å². The second-order valence-corrected chi connectivity index (χ2v) is 8.85. The van der Waals surface area contributed by atoms with E-state index in [-0.39, 0.29) is 6.04 Å². The van der Waals surface area contributed by atoms with Gasteiger partial charge in [-0.05, 0) is 37.3 Å². The summed E-state index contributed by atoms with van der Waals surface area (Å²) in [4.78, 5) is 16.0. The van der Waals surface area contributed by atoms with E-state index in [4.69, 9.17) is 16.5 Å². The highest BCUT2D eigenvalue weighted by atomic mass is 15.2. The van der Waals surface area contributed by atoms with Gasteiger partial charge >= 0.3 is 0 Å². The third kappa shape index (κ3) is 3.74. The number of fused-ring (bicyclic) bond motifs is 1. The van der Waals surface area contributed by atoms with Gasteiger partial charge in [0.25, 0.3) is 0 Å². The topological polar surface area (TPSA) is 98.4 Å². The average molecular weight is 406 g/mol. The number of piperidine rings is 1. The highest BCUT2D eigenvalue weighted by Gasteiger charge is 2.23. The van der Waals surface area contributed by atoms with Gasteiger partial charge in [0.2, 0.25) is 0 Å². The normalized spacial score (nSPS) is 20.7. The summed E-state index contributed by atoms with van der Waals surface area (Å²) in [7, 11) is 0. The molecule has 0 spiro atoms. The molecule has 1 atom stereocenters. The number of imidazole rings is 1. The summed E-state index contributed by atoms with van der Waals surface area (Å²) in [6.45, 7) is 1.93. The van der Waals surface area contributed by atoms with Crippen LogP contribution in [-0.2, 0) is 6.42 Å². The molecule has 4 heterocycles. The van der Waals surface area contributed by atoms with Crippen LogP contribution in [0.1, 0.15) is 67.8 Å². The Labute approximate surface area is 177 Å². The second kappa shape index (κ2) is 8.22. The molecular weight excluding hydrogens is 374 g/mol. The van der Waals surface area contributed by atoms with E-state index in [2.05, 4.69) is 31.5 Å². The van der Waals surface area contributed by atoms with Crippen molar-refractivity contribution in [3.63, 3.8) is 0 Å². The molecule has 0 unspecified atom stereocenters. The van der Waals surface area contributed by atoms with Crippen molar-refractivity contribution in [3.05, 3.63) is 47.8 Å². The molecular formula is C23H31N7. The van der Waals surface area contributed by atoms with Gasteiger partial charge in [-0.2, -0.15) is 0 Å².